The zero-order valence-electron chi connectivity index (χ0n) is 12.1. The number of amides is 1. The summed E-state index contributed by atoms with van der Waals surface area (Å²) in [7, 11) is 2.08. The van der Waals surface area contributed by atoms with Crippen molar-refractivity contribution in [3.63, 3.8) is 0 Å². The number of hydrogen-bond donors (Lipinski definition) is 1. The number of phenols is 1. The number of amidine groups is 1. The van der Waals surface area contributed by atoms with Gasteiger partial charge in [-0.1, -0.05) is 11.6 Å². The zero-order chi connectivity index (χ0) is 15.7. The van der Waals surface area contributed by atoms with E-state index >= 15 is 0 Å². The van der Waals surface area contributed by atoms with E-state index in [0.717, 1.165) is 31.3 Å². The molecular weight excluding hydrogens is 322 g/mol. The van der Waals surface area contributed by atoms with Gasteiger partial charge in [0.1, 0.15) is 5.75 Å². The third-order valence-corrected chi connectivity index (χ3v) is 4.94. The van der Waals surface area contributed by atoms with E-state index in [4.69, 9.17) is 11.6 Å². The Balaban J connectivity index is 1.77. The van der Waals surface area contributed by atoms with Crippen molar-refractivity contribution < 1.29 is 9.90 Å². The van der Waals surface area contributed by atoms with Crippen molar-refractivity contribution in [3.05, 3.63) is 33.7 Å². The van der Waals surface area contributed by atoms with Gasteiger partial charge in [0.05, 0.1) is 4.91 Å². The van der Waals surface area contributed by atoms with E-state index in [-0.39, 0.29) is 11.7 Å². The lowest BCUT2D eigenvalue weighted by Crippen LogP contribution is -2.46. The standard InChI is InChI=1S/C15H16ClN3O2S/c1-18-4-6-19(7-5-18)15-17-14(21)13(22-15)9-10-8-11(16)2-3-12(10)20/h2-3,8-9,20H,4-7H2,1H3/b13-9-. The number of hydrogen-bond acceptors (Lipinski definition) is 5. The van der Waals surface area contributed by atoms with Crippen LogP contribution in [0.15, 0.2) is 28.1 Å². The molecule has 0 radical (unpaired) electrons. The number of phenolic OH excluding ortho intramolecular Hbond substituents is 1. The molecule has 0 aliphatic carbocycles. The van der Waals surface area contributed by atoms with Gasteiger partial charge < -0.3 is 14.9 Å². The maximum absolute atomic E-state index is 12.1. The third kappa shape index (κ3) is 3.29. The van der Waals surface area contributed by atoms with Crippen LogP contribution in [-0.2, 0) is 4.79 Å². The Kier molecular flexibility index (Phi) is 4.42. The van der Waals surface area contributed by atoms with Gasteiger partial charge >= 0.3 is 0 Å². The quantitative estimate of drug-likeness (QED) is 0.797. The van der Waals surface area contributed by atoms with E-state index < -0.39 is 0 Å². The van der Waals surface area contributed by atoms with Gasteiger partial charge in [0.25, 0.3) is 5.91 Å². The summed E-state index contributed by atoms with van der Waals surface area (Å²) in [5, 5.41) is 11.1. The van der Waals surface area contributed by atoms with Crippen LogP contribution in [0.1, 0.15) is 5.56 Å². The SMILES string of the molecule is CN1CCN(C2=NC(=O)/C(=C/c3cc(Cl)ccc3O)S2)CC1. The number of piperazine rings is 1. The summed E-state index contributed by atoms with van der Waals surface area (Å²) >= 11 is 7.28. The number of thioether (sulfide) groups is 1. The van der Waals surface area contributed by atoms with E-state index in [9.17, 15) is 9.90 Å². The molecule has 7 heteroatoms. The van der Waals surface area contributed by atoms with Crippen LogP contribution in [0, 0.1) is 0 Å². The molecule has 1 N–H and O–H groups in total. The molecule has 2 aliphatic rings. The van der Waals surface area contributed by atoms with Gasteiger partial charge in [0.2, 0.25) is 0 Å². The van der Waals surface area contributed by atoms with Gasteiger partial charge in [0, 0.05) is 36.8 Å². The van der Waals surface area contributed by atoms with Crippen LogP contribution in [0.3, 0.4) is 0 Å². The van der Waals surface area contributed by atoms with Gasteiger partial charge in [-0.3, -0.25) is 4.79 Å². The van der Waals surface area contributed by atoms with Crippen LogP contribution in [0.25, 0.3) is 6.08 Å². The number of rotatable bonds is 1. The second-order valence-electron chi connectivity index (χ2n) is 5.30. The Morgan fingerprint density at radius 1 is 1.32 bits per heavy atom. The normalized spacial score (nSPS) is 21.5. The number of aliphatic imine (C=N–C) groups is 1. The topological polar surface area (TPSA) is 56.1 Å². The first-order valence-electron chi connectivity index (χ1n) is 6.97. The van der Waals surface area contributed by atoms with Crippen LogP contribution < -0.4 is 0 Å². The van der Waals surface area contributed by atoms with Crippen LogP contribution in [0.2, 0.25) is 5.02 Å². The third-order valence-electron chi connectivity index (χ3n) is 3.66. The van der Waals surface area contributed by atoms with Crippen molar-refractivity contribution in [2.24, 2.45) is 4.99 Å². The molecule has 1 saturated heterocycles. The van der Waals surface area contributed by atoms with Crippen molar-refractivity contribution in [3.8, 4) is 5.75 Å². The minimum atomic E-state index is -0.265. The second kappa shape index (κ2) is 6.32. The number of carbonyl (C=O) groups excluding carboxylic acids is 1. The first kappa shape index (κ1) is 15.4. The van der Waals surface area contributed by atoms with E-state index in [1.165, 1.54) is 17.8 Å². The fourth-order valence-corrected chi connectivity index (χ4v) is 3.45. The Bertz CT molecular complexity index is 667. The number of nitrogens with zero attached hydrogens (tertiary/aromatic N) is 3. The molecular formula is C15H16ClN3O2S. The fourth-order valence-electron chi connectivity index (χ4n) is 2.31. The molecule has 0 aromatic heterocycles. The largest absolute Gasteiger partial charge is 0.507 e. The van der Waals surface area contributed by atoms with Crippen molar-refractivity contribution in [2.45, 2.75) is 0 Å². The number of benzene rings is 1. The fraction of sp³-hybridized carbons (Fsp3) is 0.333. The summed E-state index contributed by atoms with van der Waals surface area (Å²) in [5.74, 6) is -0.170. The van der Waals surface area contributed by atoms with Gasteiger partial charge in [0.15, 0.2) is 5.17 Å². The van der Waals surface area contributed by atoms with Crippen molar-refractivity contribution in [1.82, 2.24) is 9.80 Å². The highest BCUT2D eigenvalue weighted by atomic mass is 35.5. The van der Waals surface area contributed by atoms with Crippen LogP contribution in [0.5, 0.6) is 5.75 Å². The van der Waals surface area contributed by atoms with Gasteiger partial charge in [-0.25, -0.2) is 0 Å². The highest BCUT2D eigenvalue weighted by molar-refractivity contribution is 8.18. The summed E-state index contributed by atoms with van der Waals surface area (Å²) in [4.78, 5) is 21.1. The molecule has 0 bridgehead atoms. The van der Waals surface area contributed by atoms with Crippen LogP contribution in [0.4, 0.5) is 0 Å². The van der Waals surface area contributed by atoms with Crippen LogP contribution >= 0.6 is 23.4 Å². The maximum Gasteiger partial charge on any atom is 0.286 e. The van der Waals surface area contributed by atoms with E-state index in [1.54, 1.807) is 18.2 Å². The molecule has 1 aromatic rings. The lowest BCUT2D eigenvalue weighted by atomic mass is 10.2. The monoisotopic (exact) mass is 337 g/mol. The Labute approximate surface area is 138 Å². The first-order valence-corrected chi connectivity index (χ1v) is 8.17. The Morgan fingerprint density at radius 2 is 2.05 bits per heavy atom. The summed E-state index contributed by atoms with van der Waals surface area (Å²) in [6, 6.07) is 4.75. The molecule has 1 fully saturated rings. The van der Waals surface area contributed by atoms with Crippen molar-refractivity contribution in [1.29, 1.82) is 0 Å². The molecule has 1 aromatic carbocycles. The van der Waals surface area contributed by atoms with E-state index in [2.05, 4.69) is 21.8 Å². The molecule has 1 amide bonds. The van der Waals surface area contributed by atoms with Gasteiger partial charge in [-0.15, -0.1) is 0 Å². The number of carbonyl (C=O) groups is 1. The number of likely N-dealkylation sites (N-methyl/N-ethyl adjacent to an activating group) is 1. The molecule has 0 spiro atoms. The smallest absolute Gasteiger partial charge is 0.286 e. The summed E-state index contributed by atoms with van der Waals surface area (Å²) in [6.45, 7) is 3.65. The molecule has 2 heterocycles. The average Bonchev–Trinajstić information content (AvgIpc) is 2.85. The highest BCUT2D eigenvalue weighted by Gasteiger charge is 2.27. The zero-order valence-corrected chi connectivity index (χ0v) is 13.7. The summed E-state index contributed by atoms with van der Waals surface area (Å²) in [5.41, 5.74) is 0.526. The molecule has 5 nitrogen and oxygen atoms in total. The lowest BCUT2D eigenvalue weighted by Gasteiger charge is -2.32. The summed E-state index contributed by atoms with van der Waals surface area (Å²) in [6.07, 6.45) is 1.64. The van der Waals surface area contributed by atoms with Gasteiger partial charge in [-0.05, 0) is 43.1 Å². The van der Waals surface area contributed by atoms with Crippen LogP contribution in [-0.4, -0.2) is 59.2 Å². The summed E-state index contributed by atoms with van der Waals surface area (Å²) < 4.78 is 0. The first-order chi connectivity index (χ1) is 10.5. The van der Waals surface area contributed by atoms with E-state index in [1.807, 2.05) is 0 Å². The average molecular weight is 338 g/mol. The van der Waals surface area contributed by atoms with Crippen molar-refractivity contribution in [2.75, 3.05) is 33.2 Å². The molecule has 116 valence electrons. The van der Waals surface area contributed by atoms with Crippen molar-refractivity contribution >= 4 is 40.5 Å². The lowest BCUT2D eigenvalue weighted by molar-refractivity contribution is -0.113. The molecule has 0 saturated carbocycles. The number of halogens is 1. The molecule has 0 atom stereocenters. The minimum absolute atomic E-state index is 0.0957. The minimum Gasteiger partial charge on any atom is -0.507 e. The Morgan fingerprint density at radius 3 is 2.77 bits per heavy atom. The second-order valence-corrected chi connectivity index (χ2v) is 6.75. The van der Waals surface area contributed by atoms with E-state index in [0.29, 0.717) is 15.5 Å². The molecule has 0 unspecified atom stereocenters. The maximum atomic E-state index is 12.1. The molecule has 22 heavy (non-hydrogen) atoms. The predicted octanol–water partition coefficient (Wildman–Crippen LogP) is 2.26. The molecule has 3 rings (SSSR count). The Hall–Kier alpha value is -1.50. The highest BCUT2D eigenvalue weighted by Crippen LogP contribution is 2.33. The van der Waals surface area contributed by atoms with Gasteiger partial charge in [-0.2, -0.15) is 4.99 Å². The predicted molar refractivity (Wildman–Crippen MR) is 90.2 cm³/mol. The molecule has 2 aliphatic heterocycles. The number of aromatic hydroxyl groups is 1.